The van der Waals surface area contributed by atoms with Crippen LogP contribution in [0.1, 0.15) is 79.6 Å². The lowest BCUT2D eigenvalue weighted by Gasteiger charge is -2.35. The Morgan fingerprint density at radius 1 is 1.08 bits per heavy atom. The molecule has 0 radical (unpaired) electrons. The van der Waals surface area contributed by atoms with Crippen LogP contribution in [0.15, 0.2) is 95.2 Å². The van der Waals surface area contributed by atoms with Gasteiger partial charge in [0.25, 0.3) is 0 Å². The van der Waals surface area contributed by atoms with Gasteiger partial charge in [0, 0.05) is 18.4 Å². The molecule has 0 fully saturated rings. The quantitative estimate of drug-likeness (QED) is 0.248. The molecule has 212 valence electrons. The van der Waals surface area contributed by atoms with Gasteiger partial charge < -0.3 is 10.4 Å². The summed E-state index contributed by atoms with van der Waals surface area (Å²) in [5, 5.41) is 11.6. The number of fused-ring (bicyclic) bond motifs is 1. The normalized spacial score (nSPS) is 21.4. The van der Waals surface area contributed by atoms with E-state index in [4.69, 9.17) is 5.11 Å². The highest BCUT2D eigenvalue weighted by Crippen LogP contribution is 2.43. The van der Waals surface area contributed by atoms with Crippen molar-refractivity contribution in [1.82, 2.24) is 5.32 Å². The molecule has 4 unspecified atom stereocenters. The Balaban J connectivity index is 0.00000170. The third-order valence-corrected chi connectivity index (χ3v) is 7.65. The Kier molecular flexibility index (Phi) is 13.8. The summed E-state index contributed by atoms with van der Waals surface area (Å²) >= 11 is 0. The lowest BCUT2D eigenvalue weighted by atomic mass is 9.69. The summed E-state index contributed by atoms with van der Waals surface area (Å²) in [6, 6.07) is 0. The fraction of sp³-hybridized carbons (Fsp3) is 0.486. The molecule has 3 rings (SSSR count). The molecule has 3 aliphatic rings. The van der Waals surface area contributed by atoms with Crippen molar-refractivity contribution in [2.45, 2.75) is 79.6 Å². The number of carboxylic acid groups (broad SMARTS) is 1. The van der Waals surface area contributed by atoms with Gasteiger partial charge in [-0.15, -0.1) is 0 Å². The van der Waals surface area contributed by atoms with Crippen molar-refractivity contribution in [2.75, 3.05) is 6.54 Å². The van der Waals surface area contributed by atoms with Crippen LogP contribution in [0.3, 0.4) is 0 Å². The van der Waals surface area contributed by atoms with E-state index < -0.39 is 5.97 Å². The maximum atomic E-state index is 12.5. The molecule has 0 aliphatic heterocycles. The van der Waals surface area contributed by atoms with Crippen molar-refractivity contribution in [2.24, 2.45) is 23.7 Å². The third-order valence-electron chi connectivity index (χ3n) is 7.65. The minimum atomic E-state index is -0.906. The monoisotopic (exact) mass is 531 g/mol. The van der Waals surface area contributed by atoms with E-state index in [2.05, 4.69) is 101 Å². The fourth-order valence-corrected chi connectivity index (χ4v) is 5.37. The highest BCUT2D eigenvalue weighted by Gasteiger charge is 2.31. The zero-order valence-corrected chi connectivity index (χ0v) is 24.7. The van der Waals surface area contributed by atoms with Crippen molar-refractivity contribution in [3.63, 3.8) is 0 Å². The summed E-state index contributed by atoms with van der Waals surface area (Å²) in [4.78, 5) is 23.2. The van der Waals surface area contributed by atoms with E-state index in [1.54, 1.807) is 0 Å². The van der Waals surface area contributed by atoms with Crippen LogP contribution >= 0.6 is 0 Å². The molecular weight excluding hydrogens is 482 g/mol. The zero-order chi connectivity index (χ0) is 28.8. The van der Waals surface area contributed by atoms with Crippen molar-refractivity contribution < 1.29 is 14.7 Å². The van der Waals surface area contributed by atoms with E-state index in [-0.39, 0.29) is 36.6 Å². The van der Waals surface area contributed by atoms with Gasteiger partial charge in [0.2, 0.25) is 5.91 Å². The molecule has 0 aromatic heterocycles. The molecule has 2 N–H and O–H groups in total. The SMILES string of the molecule is C=C(CC)CC/C(=C\C)C(C1=C2C=CC=CC2CC=C1)C(C)C1=CCC(C(=O)NCCC(=O)O)C=C1.CCC. The first kappa shape index (κ1) is 32.1. The molecule has 0 saturated heterocycles. The number of aliphatic carboxylic acids is 1. The number of rotatable bonds is 12. The third kappa shape index (κ3) is 9.53. The first-order valence-corrected chi connectivity index (χ1v) is 14.7. The van der Waals surface area contributed by atoms with Gasteiger partial charge in [-0.1, -0.05) is 113 Å². The predicted molar refractivity (Wildman–Crippen MR) is 164 cm³/mol. The van der Waals surface area contributed by atoms with Gasteiger partial charge in [-0.05, 0) is 61.7 Å². The Morgan fingerprint density at radius 3 is 2.44 bits per heavy atom. The first-order valence-electron chi connectivity index (χ1n) is 14.7. The Bertz CT molecular complexity index is 1080. The Labute approximate surface area is 236 Å². The molecule has 4 nitrogen and oxygen atoms in total. The lowest BCUT2D eigenvalue weighted by Crippen LogP contribution is -2.32. The first-order chi connectivity index (χ1) is 18.8. The second-order valence-electron chi connectivity index (χ2n) is 10.7. The van der Waals surface area contributed by atoms with E-state index in [1.165, 1.54) is 34.3 Å². The van der Waals surface area contributed by atoms with Crippen LogP contribution in [0.2, 0.25) is 0 Å². The van der Waals surface area contributed by atoms with Gasteiger partial charge in [-0.25, -0.2) is 0 Å². The average molecular weight is 532 g/mol. The van der Waals surface area contributed by atoms with Crippen LogP contribution in [0, 0.1) is 23.7 Å². The molecular formula is C35H49NO3. The van der Waals surface area contributed by atoms with Crippen molar-refractivity contribution >= 4 is 11.9 Å². The molecule has 0 heterocycles. The van der Waals surface area contributed by atoms with Crippen molar-refractivity contribution in [3.8, 4) is 0 Å². The van der Waals surface area contributed by atoms with Gasteiger partial charge in [0.05, 0.1) is 12.3 Å². The largest absolute Gasteiger partial charge is 0.481 e. The number of carboxylic acids is 1. The lowest BCUT2D eigenvalue weighted by molar-refractivity contribution is -0.137. The van der Waals surface area contributed by atoms with Crippen molar-refractivity contribution in [3.05, 3.63) is 95.2 Å². The standard InChI is InChI=1S/C32H41NO3.C3H8/c1-5-22(3)14-15-24(6-2)31(29-13-9-11-26-10-7-8-12-28(26)29)23(4)25-16-18-27(19-17-25)32(36)33-21-20-30(34)35;1-3-2/h6-10,12-13,16-18,23,26-27,31H,3,5,11,14-15,19-21H2,1-2,4H3,(H,33,36)(H,34,35);3H2,1-2H3/b24-6+;. The molecule has 0 saturated carbocycles. The highest BCUT2D eigenvalue weighted by atomic mass is 16.4. The van der Waals surface area contributed by atoms with Gasteiger partial charge in [0.15, 0.2) is 0 Å². The average Bonchev–Trinajstić information content (AvgIpc) is 2.95. The van der Waals surface area contributed by atoms with Gasteiger partial charge >= 0.3 is 5.97 Å². The molecule has 0 aromatic rings. The fourth-order valence-electron chi connectivity index (χ4n) is 5.37. The van der Waals surface area contributed by atoms with E-state index in [0.717, 1.165) is 25.7 Å². The molecule has 0 spiro atoms. The highest BCUT2D eigenvalue weighted by molar-refractivity contribution is 5.81. The molecule has 1 amide bonds. The van der Waals surface area contributed by atoms with Crippen LogP contribution in [0.4, 0.5) is 0 Å². The number of hydrogen-bond acceptors (Lipinski definition) is 2. The Hall–Kier alpha value is -3.14. The molecule has 4 atom stereocenters. The molecule has 0 aromatic carbocycles. The second kappa shape index (κ2) is 16.7. The number of carbonyl (C=O) groups is 2. The second-order valence-corrected chi connectivity index (χ2v) is 10.7. The summed E-state index contributed by atoms with van der Waals surface area (Å²) in [5.41, 5.74) is 6.79. The number of allylic oxidation sites excluding steroid dienone is 14. The van der Waals surface area contributed by atoms with E-state index >= 15 is 0 Å². The van der Waals surface area contributed by atoms with E-state index in [0.29, 0.717) is 12.3 Å². The zero-order valence-electron chi connectivity index (χ0n) is 24.7. The number of hydrogen-bond donors (Lipinski definition) is 2. The molecule has 0 bridgehead atoms. The van der Waals surface area contributed by atoms with E-state index in [1.807, 2.05) is 6.08 Å². The van der Waals surface area contributed by atoms with Crippen LogP contribution in [0.5, 0.6) is 0 Å². The van der Waals surface area contributed by atoms with Gasteiger partial charge in [0.1, 0.15) is 0 Å². The maximum absolute atomic E-state index is 12.5. The Morgan fingerprint density at radius 2 is 1.82 bits per heavy atom. The number of amides is 1. The smallest absolute Gasteiger partial charge is 0.305 e. The summed E-state index contributed by atoms with van der Waals surface area (Å²) in [6.45, 7) is 15.3. The van der Waals surface area contributed by atoms with Crippen molar-refractivity contribution in [1.29, 1.82) is 0 Å². The van der Waals surface area contributed by atoms with Crippen LogP contribution in [0.25, 0.3) is 0 Å². The molecule has 3 aliphatic carbocycles. The van der Waals surface area contributed by atoms with Gasteiger partial charge in [-0.2, -0.15) is 0 Å². The summed E-state index contributed by atoms with van der Waals surface area (Å²) < 4.78 is 0. The van der Waals surface area contributed by atoms with Gasteiger partial charge in [-0.3, -0.25) is 9.59 Å². The summed E-state index contributed by atoms with van der Waals surface area (Å²) in [5.74, 6) is -0.332. The van der Waals surface area contributed by atoms with Crippen LogP contribution in [-0.2, 0) is 9.59 Å². The molecule has 39 heavy (non-hydrogen) atoms. The number of carbonyl (C=O) groups excluding carboxylic acids is 1. The number of nitrogens with one attached hydrogen (secondary N) is 1. The summed E-state index contributed by atoms with van der Waals surface area (Å²) in [7, 11) is 0. The minimum absolute atomic E-state index is 0.0614. The predicted octanol–water partition coefficient (Wildman–Crippen LogP) is 8.44. The topological polar surface area (TPSA) is 66.4 Å². The summed E-state index contributed by atoms with van der Waals surface area (Å²) in [6.07, 6.45) is 28.0. The van der Waals surface area contributed by atoms with Crippen LogP contribution in [-0.4, -0.2) is 23.5 Å². The maximum Gasteiger partial charge on any atom is 0.305 e. The van der Waals surface area contributed by atoms with Crippen LogP contribution < -0.4 is 5.32 Å². The minimum Gasteiger partial charge on any atom is -0.481 e. The van der Waals surface area contributed by atoms with E-state index in [9.17, 15) is 9.59 Å². The molecule has 4 heteroatoms.